The minimum absolute atomic E-state index is 0.0127. The van der Waals surface area contributed by atoms with E-state index in [1.807, 2.05) is 0 Å². The summed E-state index contributed by atoms with van der Waals surface area (Å²) in [5.41, 5.74) is 0. The Morgan fingerprint density at radius 1 is 0.542 bits per heavy atom. The molecule has 0 bridgehead atoms. The van der Waals surface area contributed by atoms with Crippen molar-refractivity contribution in [2.75, 3.05) is 32.7 Å². The Balaban J connectivity index is 2.33. The number of unbranched alkanes of at least 4 members (excludes halogenated alkanes) is 23. The van der Waals surface area contributed by atoms with Gasteiger partial charge in [-0.25, -0.2) is 4.99 Å². The van der Waals surface area contributed by atoms with Crippen LogP contribution >= 0.6 is 0 Å². The molecule has 2 N–H and O–H groups in total. The number of rotatable bonds is 44. The van der Waals surface area contributed by atoms with Crippen molar-refractivity contribution in [2.24, 2.45) is 4.99 Å². The van der Waals surface area contributed by atoms with Gasteiger partial charge in [-0.15, -0.1) is 0 Å². The number of guanidine groups is 1. The van der Waals surface area contributed by atoms with Crippen molar-refractivity contribution in [3.8, 4) is 0 Å². The average molecular weight is 833 g/mol. The van der Waals surface area contributed by atoms with E-state index in [1.54, 1.807) is 0 Å². The van der Waals surface area contributed by atoms with Crippen molar-refractivity contribution in [3.05, 3.63) is 0 Å². The van der Waals surface area contributed by atoms with Crippen LogP contribution in [0.3, 0.4) is 0 Å². The van der Waals surface area contributed by atoms with Crippen molar-refractivity contribution in [1.82, 2.24) is 15.5 Å². The van der Waals surface area contributed by atoms with Gasteiger partial charge >= 0.3 is 11.9 Å². The summed E-state index contributed by atoms with van der Waals surface area (Å²) in [6.07, 6.45) is 40.2. The summed E-state index contributed by atoms with van der Waals surface area (Å²) in [6, 6.07) is 0. The minimum atomic E-state index is -0.0484. The molecule has 9 heteroatoms. The van der Waals surface area contributed by atoms with Gasteiger partial charge in [-0.1, -0.05) is 163 Å². The van der Waals surface area contributed by atoms with E-state index >= 15 is 0 Å². The average Bonchev–Trinajstić information content (AvgIpc) is 3.65. The number of aliphatic imine (C=N–C) groups is 1. The van der Waals surface area contributed by atoms with Gasteiger partial charge < -0.3 is 19.7 Å². The Bertz CT molecular complexity index is 1010. The lowest BCUT2D eigenvalue weighted by molar-refractivity contribution is -0.150. The summed E-state index contributed by atoms with van der Waals surface area (Å²) in [5.74, 6) is 0.548. The van der Waals surface area contributed by atoms with Crippen LogP contribution in [0.15, 0.2) is 4.99 Å². The molecule has 59 heavy (non-hydrogen) atoms. The summed E-state index contributed by atoms with van der Waals surface area (Å²) in [5, 5.41) is 6.04. The van der Waals surface area contributed by atoms with Crippen molar-refractivity contribution < 1.29 is 23.9 Å². The van der Waals surface area contributed by atoms with Gasteiger partial charge in [0.1, 0.15) is 18.8 Å². The van der Waals surface area contributed by atoms with Crippen LogP contribution in [-0.4, -0.2) is 73.6 Å². The van der Waals surface area contributed by atoms with E-state index in [0.29, 0.717) is 18.8 Å². The summed E-state index contributed by atoms with van der Waals surface area (Å²) < 4.78 is 11.9. The van der Waals surface area contributed by atoms with Crippen LogP contribution in [0.25, 0.3) is 0 Å². The van der Waals surface area contributed by atoms with E-state index in [-0.39, 0.29) is 36.6 Å². The van der Waals surface area contributed by atoms with E-state index in [0.717, 1.165) is 110 Å². The van der Waals surface area contributed by atoms with E-state index in [2.05, 4.69) is 48.2 Å². The lowest BCUT2D eigenvalue weighted by atomic mass is 10.0. The Morgan fingerprint density at radius 3 is 1.37 bits per heavy atom. The minimum Gasteiger partial charge on any atom is -0.462 e. The van der Waals surface area contributed by atoms with Crippen LogP contribution < -0.4 is 10.6 Å². The van der Waals surface area contributed by atoms with Crippen LogP contribution in [0.2, 0.25) is 0 Å². The number of nitrogens with zero attached hydrogens (tertiary/aromatic N) is 2. The highest BCUT2D eigenvalue weighted by Gasteiger charge is 2.16. The molecule has 0 aromatic heterocycles. The van der Waals surface area contributed by atoms with Gasteiger partial charge in [0.15, 0.2) is 5.96 Å². The predicted molar refractivity (Wildman–Crippen MR) is 249 cm³/mol. The smallest absolute Gasteiger partial charge is 0.306 e. The number of amides is 1. The lowest BCUT2D eigenvalue weighted by Gasteiger charge is -2.22. The molecule has 1 rings (SSSR count). The van der Waals surface area contributed by atoms with Crippen LogP contribution in [0.4, 0.5) is 0 Å². The fraction of sp³-hybridized carbons (Fsp3) is 0.920. The quantitative estimate of drug-likeness (QED) is 0.0465. The molecule has 0 aromatic carbocycles. The molecular weight excluding hydrogens is 737 g/mol. The van der Waals surface area contributed by atoms with Gasteiger partial charge in [0.25, 0.3) is 0 Å². The highest BCUT2D eigenvalue weighted by Crippen LogP contribution is 2.19. The summed E-state index contributed by atoms with van der Waals surface area (Å²) in [4.78, 5) is 43.6. The van der Waals surface area contributed by atoms with Gasteiger partial charge in [-0.05, 0) is 96.7 Å². The Labute approximate surface area is 364 Å². The largest absolute Gasteiger partial charge is 0.462 e. The lowest BCUT2D eigenvalue weighted by Crippen LogP contribution is -2.38. The molecule has 0 fully saturated rings. The summed E-state index contributed by atoms with van der Waals surface area (Å²) in [7, 11) is 0. The standard InChI is InChI=1S/C50H96N4O5/c1-5-9-12-15-20-27-35-45(8-4)58-48(56)38-30-23-18-25-32-41-54(43-34-40-51-50-52-44-47(55)53-50)42-33-26-19-24-31-39-49(57)59-46(36-28-21-16-13-10-6-2)37-29-22-17-14-11-7-3/h45-46H,5-44H2,1-4H3,(H2,51,52,53,55). The molecule has 0 spiro atoms. The first-order valence-electron chi connectivity index (χ1n) is 25.6. The van der Waals surface area contributed by atoms with Crippen LogP contribution in [0, 0.1) is 0 Å². The van der Waals surface area contributed by atoms with E-state index in [4.69, 9.17) is 9.47 Å². The first-order valence-corrected chi connectivity index (χ1v) is 25.6. The van der Waals surface area contributed by atoms with Crippen molar-refractivity contribution in [3.63, 3.8) is 0 Å². The molecule has 1 heterocycles. The molecule has 1 aliphatic rings. The zero-order valence-corrected chi connectivity index (χ0v) is 39.4. The Hall–Kier alpha value is -2.16. The van der Waals surface area contributed by atoms with Crippen molar-refractivity contribution in [1.29, 1.82) is 0 Å². The second kappa shape index (κ2) is 41.2. The SMILES string of the molecule is CCCCCCCCC(CC)OC(=O)CCCCCCCN(CCCCCCCC(=O)OC(CCCCCCCC)CCCCCCCC)CCCNC1=NCC(=O)N1. The number of hydrogen-bond donors (Lipinski definition) is 2. The Kier molecular flexibility index (Phi) is 38.3. The first kappa shape index (κ1) is 54.9. The highest BCUT2D eigenvalue weighted by molar-refractivity contribution is 6.02. The fourth-order valence-corrected chi connectivity index (χ4v) is 8.13. The van der Waals surface area contributed by atoms with E-state index in [1.165, 1.54) is 128 Å². The molecule has 0 aromatic rings. The maximum Gasteiger partial charge on any atom is 0.306 e. The topological polar surface area (TPSA) is 109 Å². The van der Waals surface area contributed by atoms with Crippen molar-refractivity contribution in [2.45, 2.75) is 265 Å². The maximum atomic E-state index is 12.8. The van der Waals surface area contributed by atoms with Crippen molar-refractivity contribution >= 4 is 23.8 Å². The molecule has 1 unspecified atom stereocenters. The fourth-order valence-electron chi connectivity index (χ4n) is 8.13. The number of hydrogen-bond acceptors (Lipinski definition) is 8. The zero-order chi connectivity index (χ0) is 42.9. The number of carbonyl (C=O) groups excluding carboxylic acids is 3. The van der Waals surface area contributed by atoms with Gasteiger partial charge in [0.05, 0.1) is 0 Å². The molecule has 9 nitrogen and oxygen atoms in total. The highest BCUT2D eigenvalue weighted by atomic mass is 16.5. The number of esters is 2. The monoisotopic (exact) mass is 833 g/mol. The van der Waals surface area contributed by atoms with Gasteiger partial charge in [-0.2, -0.15) is 0 Å². The third-order valence-electron chi connectivity index (χ3n) is 12.0. The summed E-state index contributed by atoms with van der Waals surface area (Å²) >= 11 is 0. The molecule has 0 saturated heterocycles. The van der Waals surface area contributed by atoms with E-state index < -0.39 is 0 Å². The second-order valence-electron chi connectivity index (χ2n) is 17.7. The molecule has 0 aliphatic carbocycles. The van der Waals surface area contributed by atoms with Gasteiger partial charge in [0, 0.05) is 19.4 Å². The maximum absolute atomic E-state index is 12.8. The molecule has 346 valence electrons. The summed E-state index contributed by atoms with van der Waals surface area (Å²) in [6.45, 7) is 13.1. The number of ether oxygens (including phenoxy) is 2. The number of nitrogens with one attached hydrogen (secondary N) is 2. The molecule has 1 atom stereocenters. The molecule has 0 saturated carbocycles. The molecule has 0 radical (unpaired) electrons. The van der Waals surface area contributed by atoms with Gasteiger partial charge in [0.2, 0.25) is 5.91 Å². The molecule has 1 amide bonds. The molecular formula is C50H96N4O5. The van der Waals surface area contributed by atoms with Crippen LogP contribution in [0.5, 0.6) is 0 Å². The van der Waals surface area contributed by atoms with E-state index in [9.17, 15) is 14.4 Å². The normalized spacial score (nSPS) is 13.3. The predicted octanol–water partition coefficient (Wildman–Crippen LogP) is 12.9. The van der Waals surface area contributed by atoms with Crippen LogP contribution in [0.1, 0.15) is 252 Å². The zero-order valence-electron chi connectivity index (χ0n) is 39.4. The van der Waals surface area contributed by atoms with Crippen LogP contribution in [-0.2, 0) is 23.9 Å². The van der Waals surface area contributed by atoms with Gasteiger partial charge in [-0.3, -0.25) is 19.7 Å². The number of carbonyl (C=O) groups is 3. The molecule has 1 aliphatic heterocycles. The second-order valence-corrected chi connectivity index (χ2v) is 17.7. The third kappa shape index (κ3) is 35.2. The first-order chi connectivity index (χ1) is 28.9. The third-order valence-corrected chi connectivity index (χ3v) is 12.0. The Morgan fingerprint density at radius 2 is 0.932 bits per heavy atom.